The van der Waals surface area contributed by atoms with Gasteiger partial charge in [0, 0.05) is 24.5 Å². The van der Waals surface area contributed by atoms with Gasteiger partial charge in [0.15, 0.2) is 0 Å². The Morgan fingerprint density at radius 3 is 2.64 bits per heavy atom. The number of rotatable bonds is 7. The molecule has 1 amide bonds. The fraction of sp³-hybridized carbons (Fsp3) is 0.522. The molecule has 1 aromatic carbocycles. The first-order chi connectivity index (χ1) is 15.7. The van der Waals surface area contributed by atoms with Crippen LogP contribution in [0.5, 0.6) is 0 Å². The second kappa shape index (κ2) is 9.64. The maximum Gasteiger partial charge on any atom is 0.416 e. The van der Waals surface area contributed by atoms with E-state index in [0.717, 1.165) is 50.9 Å². The maximum absolute atomic E-state index is 13.0. The number of hydrogen-bond acceptors (Lipinski definition) is 6. The minimum Gasteiger partial charge on any atom is -0.389 e. The number of aliphatic hydroxyl groups excluding tert-OH is 1. The summed E-state index contributed by atoms with van der Waals surface area (Å²) in [5, 5.41) is 15.9. The maximum atomic E-state index is 13.0. The standard InChI is InChI=1S/C23H28F3N5O2/c1-2-20(32)14-3-6-17(7-4-14)31-11-16(12-31)30-21(33)10-27-22-18-9-15(23(24,25)26)5-8-19(18)28-13-29-22/h2,5,8-9,13-14,16-17,20,32H,1,3-4,6-7,10-12H2,(H,30,33)(H,27,28,29)/t14-,17+,20?. The van der Waals surface area contributed by atoms with Crippen LogP contribution in [0.15, 0.2) is 37.2 Å². The van der Waals surface area contributed by atoms with Crippen LogP contribution in [-0.2, 0) is 11.0 Å². The number of benzene rings is 1. The number of halogens is 3. The highest BCUT2D eigenvalue weighted by Crippen LogP contribution is 2.33. The first-order valence-corrected chi connectivity index (χ1v) is 11.1. The third-order valence-electron chi connectivity index (χ3n) is 6.64. The molecule has 0 radical (unpaired) electrons. The predicted octanol–water partition coefficient (Wildman–Crippen LogP) is 2.97. The lowest BCUT2D eigenvalue weighted by Gasteiger charge is -2.47. The number of alkyl halides is 3. The molecule has 178 valence electrons. The lowest BCUT2D eigenvalue weighted by molar-refractivity contribution is -0.137. The average molecular weight is 464 g/mol. The number of anilines is 1. The van der Waals surface area contributed by atoms with Crippen LogP contribution in [-0.4, -0.2) is 63.7 Å². The Kier molecular flexibility index (Phi) is 6.85. The quantitative estimate of drug-likeness (QED) is 0.547. The molecule has 2 fully saturated rings. The van der Waals surface area contributed by atoms with E-state index in [1.54, 1.807) is 6.08 Å². The zero-order valence-electron chi connectivity index (χ0n) is 18.2. The van der Waals surface area contributed by atoms with Crippen molar-refractivity contribution in [2.24, 2.45) is 5.92 Å². The van der Waals surface area contributed by atoms with Crippen molar-refractivity contribution in [1.82, 2.24) is 20.2 Å². The minimum atomic E-state index is -4.47. The number of aliphatic hydroxyl groups is 1. The molecular weight excluding hydrogens is 435 g/mol. The molecule has 1 saturated heterocycles. The number of nitrogens with zero attached hydrogens (tertiary/aromatic N) is 3. The summed E-state index contributed by atoms with van der Waals surface area (Å²) < 4.78 is 39.1. The van der Waals surface area contributed by atoms with Crippen LogP contribution in [0.3, 0.4) is 0 Å². The molecule has 1 atom stereocenters. The SMILES string of the molecule is C=CC(O)[C@H]1CC[C@@H](N2CC(NC(=O)CNc3ncnc4ccc(C(F)(F)F)cc34)C2)CC1. The van der Waals surface area contributed by atoms with Crippen molar-refractivity contribution < 1.29 is 23.1 Å². The molecule has 2 heterocycles. The highest BCUT2D eigenvalue weighted by Gasteiger charge is 2.36. The molecule has 2 aromatic rings. The molecular formula is C23H28F3N5O2. The van der Waals surface area contributed by atoms with E-state index < -0.39 is 17.8 Å². The smallest absolute Gasteiger partial charge is 0.389 e. The normalized spacial score (nSPS) is 23.0. The molecule has 2 aliphatic rings. The number of carbonyl (C=O) groups excluding carboxylic acids is 1. The van der Waals surface area contributed by atoms with E-state index >= 15 is 0 Å². The van der Waals surface area contributed by atoms with Gasteiger partial charge in [0.2, 0.25) is 5.91 Å². The summed E-state index contributed by atoms with van der Waals surface area (Å²) in [4.78, 5) is 22.7. The fourth-order valence-electron chi connectivity index (χ4n) is 4.72. The van der Waals surface area contributed by atoms with Gasteiger partial charge in [-0.25, -0.2) is 9.97 Å². The van der Waals surface area contributed by atoms with Crippen LogP contribution in [0.25, 0.3) is 10.9 Å². The van der Waals surface area contributed by atoms with Crippen LogP contribution >= 0.6 is 0 Å². The molecule has 1 aromatic heterocycles. The molecule has 10 heteroatoms. The van der Waals surface area contributed by atoms with Crippen molar-refractivity contribution in [2.45, 2.75) is 50.0 Å². The van der Waals surface area contributed by atoms with Gasteiger partial charge in [-0.3, -0.25) is 9.69 Å². The van der Waals surface area contributed by atoms with Gasteiger partial charge in [-0.1, -0.05) is 6.08 Å². The summed E-state index contributed by atoms with van der Waals surface area (Å²) in [6, 6.07) is 3.78. The molecule has 33 heavy (non-hydrogen) atoms. The van der Waals surface area contributed by atoms with Crippen LogP contribution in [0.4, 0.5) is 19.0 Å². The van der Waals surface area contributed by atoms with Gasteiger partial charge in [0.05, 0.1) is 29.8 Å². The van der Waals surface area contributed by atoms with E-state index in [1.807, 2.05) is 0 Å². The van der Waals surface area contributed by atoms with Gasteiger partial charge in [-0.15, -0.1) is 6.58 Å². The Balaban J connectivity index is 1.25. The zero-order chi connectivity index (χ0) is 23.6. The summed E-state index contributed by atoms with van der Waals surface area (Å²) in [5.41, 5.74) is -0.425. The van der Waals surface area contributed by atoms with E-state index in [1.165, 1.54) is 12.4 Å². The predicted molar refractivity (Wildman–Crippen MR) is 118 cm³/mol. The summed E-state index contributed by atoms with van der Waals surface area (Å²) in [5.74, 6) is 0.234. The molecule has 7 nitrogen and oxygen atoms in total. The Hall–Kier alpha value is -2.72. The zero-order valence-corrected chi connectivity index (χ0v) is 18.2. The second-order valence-electron chi connectivity index (χ2n) is 8.82. The van der Waals surface area contributed by atoms with E-state index in [4.69, 9.17) is 0 Å². The fourth-order valence-corrected chi connectivity index (χ4v) is 4.72. The Bertz CT molecular complexity index is 1000. The highest BCUT2D eigenvalue weighted by atomic mass is 19.4. The summed E-state index contributed by atoms with van der Waals surface area (Å²) >= 11 is 0. The highest BCUT2D eigenvalue weighted by molar-refractivity contribution is 5.91. The number of aromatic nitrogens is 2. The number of amides is 1. The molecule has 1 aliphatic carbocycles. The molecule has 1 saturated carbocycles. The van der Waals surface area contributed by atoms with E-state index in [2.05, 4.69) is 32.1 Å². The summed E-state index contributed by atoms with van der Waals surface area (Å²) in [6.45, 7) is 5.11. The third-order valence-corrected chi connectivity index (χ3v) is 6.64. The number of carbonyl (C=O) groups is 1. The summed E-state index contributed by atoms with van der Waals surface area (Å²) in [7, 11) is 0. The molecule has 3 N–H and O–H groups in total. The molecule has 0 bridgehead atoms. The third kappa shape index (κ3) is 5.44. The Morgan fingerprint density at radius 1 is 1.24 bits per heavy atom. The van der Waals surface area contributed by atoms with Gasteiger partial charge < -0.3 is 15.7 Å². The van der Waals surface area contributed by atoms with Crippen molar-refractivity contribution >= 4 is 22.6 Å². The first-order valence-electron chi connectivity index (χ1n) is 11.1. The molecule has 0 spiro atoms. The number of hydrogen-bond donors (Lipinski definition) is 3. The average Bonchev–Trinajstić information content (AvgIpc) is 2.78. The van der Waals surface area contributed by atoms with Crippen molar-refractivity contribution in [3.05, 3.63) is 42.7 Å². The topological polar surface area (TPSA) is 90.4 Å². The van der Waals surface area contributed by atoms with E-state index in [9.17, 15) is 23.1 Å². The van der Waals surface area contributed by atoms with Gasteiger partial charge in [-0.05, 0) is 49.8 Å². The summed E-state index contributed by atoms with van der Waals surface area (Å²) in [6.07, 6.45) is 1.94. The lowest BCUT2D eigenvalue weighted by Crippen LogP contribution is -2.63. The Labute approximate surface area is 190 Å². The van der Waals surface area contributed by atoms with Crippen LogP contribution in [0.2, 0.25) is 0 Å². The molecule has 1 unspecified atom stereocenters. The number of fused-ring (bicyclic) bond motifs is 1. The Morgan fingerprint density at radius 2 is 1.97 bits per heavy atom. The van der Waals surface area contributed by atoms with Gasteiger partial charge in [0.1, 0.15) is 12.1 Å². The number of nitrogens with one attached hydrogen (secondary N) is 2. The monoisotopic (exact) mass is 463 g/mol. The lowest BCUT2D eigenvalue weighted by atomic mass is 9.81. The van der Waals surface area contributed by atoms with Crippen LogP contribution in [0.1, 0.15) is 31.2 Å². The van der Waals surface area contributed by atoms with Crippen LogP contribution in [0, 0.1) is 5.92 Å². The van der Waals surface area contributed by atoms with Crippen molar-refractivity contribution in [3.8, 4) is 0 Å². The first kappa shape index (κ1) is 23.4. The number of likely N-dealkylation sites (tertiary alicyclic amines) is 1. The van der Waals surface area contributed by atoms with Crippen molar-refractivity contribution in [3.63, 3.8) is 0 Å². The van der Waals surface area contributed by atoms with Gasteiger partial charge in [0.25, 0.3) is 0 Å². The van der Waals surface area contributed by atoms with E-state index in [0.29, 0.717) is 11.6 Å². The van der Waals surface area contributed by atoms with Gasteiger partial charge in [-0.2, -0.15) is 13.2 Å². The molecule has 4 rings (SSSR count). The van der Waals surface area contributed by atoms with Crippen LogP contribution < -0.4 is 10.6 Å². The molecule has 1 aliphatic heterocycles. The van der Waals surface area contributed by atoms with E-state index in [-0.39, 0.29) is 35.6 Å². The van der Waals surface area contributed by atoms with Crippen molar-refractivity contribution in [1.29, 1.82) is 0 Å². The largest absolute Gasteiger partial charge is 0.416 e. The minimum absolute atomic E-state index is 0.0507. The van der Waals surface area contributed by atoms with Gasteiger partial charge >= 0.3 is 6.18 Å². The van der Waals surface area contributed by atoms with Crippen molar-refractivity contribution in [2.75, 3.05) is 25.0 Å². The second-order valence-corrected chi connectivity index (χ2v) is 8.82.